The van der Waals surface area contributed by atoms with Crippen LogP contribution in [0.3, 0.4) is 0 Å². The van der Waals surface area contributed by atoms with Crippen LogP contribution < -0.4 is 0 Å². The Labute approximate surface area is 131 Å². The van der Waals surface area contributed by atoms with Gasteiger partial charge in [0.05, 0.1) is 0 Å². The fraction of sp³-hybridized carbons (Fsp3) is 0.588. The summed E-state index contributed by atoms with van der Waals surface area (Å²) in [5.74, 6) is 1.53. The summed E-state index contributed by atoms with van der Waals surface area (Å²) in [6.07, 6.45) is 1.78. The van der Waals surface area contributed by atoms with Crippen LogP contribution in [0.15, 0.2) is 30.3 Å². The van der Waals surface area contributed by atoms with Gasteiger partial charge in [0.1, 0.15) is 0 Å². The van der Waals surface area contributed by atoms with E-state index in [1.165, 1.54) is 11.3 Å². The maximum atomic E-state index is 11.8. The van der Waals surface area contributed by atoms with E-state index in [4.69, 9.17) is 0 Å². The van der Waals surface area contributed by atoms with Crippen molar-refractivity contribution in [3.63, 3.8) is 0 Å². The van der Waals surface area contributed by atoms with Crippen molar-refractivity contribution in [1.29, 1.82) is 0 Å². The molecular weight excluding hydrogens is 280 g/mol. The number of hydrogen-bond donors (Lipinski definition) is 0. The molecule has 1 amide bonds. The molecule has 3 nitrogen and oxygen atoms in total. The van der Waals surface area contributed by atoms with Crippen molar-refractivity contribution in [2.45, 2.75) is 31.1 Å². The first-order chi connectivity index (χ1) is 10.3. The van der Waals surface area contributed by atoms with Crippen molar-refractivity contribution in [1.82, 2.24) is 9.80 Å². The molecule has 2 saturated heterocycles. The van der Waals surface area contributed by atoms with Gasteiger partial charge in [-0.15, -0.1) is 0 Å². The molecule has 0 N–H and O–H groups in total. The number of carbonyl (C=O) groups is 1. The van der Waals surface area contributed by atoms with Crippen molar-refractivity contribution < 1.29 is 4.79 Å². The second-order valence-corrected chi connectivity index (χ2v) is 7.44. The molecule has 1 aromatic rings. The third kappa shape index (κ3) is 3.43. The summed E-state index contributed by atoms with van der Waals surface area (Å²) in [5, 5.41) is 0.607. The Morgan fingerprint density at radius 1 is 1.19 bits per heavy atom. The molecule has 21 heavy (non-hydrogen) atoms. The number of rotatable bonds is 4. The highest BCUT2D eigenvalue weighted by molar-refractivity contribution is 8.00. The summed E-state index contributed by atoms with van der Waals surface area (Å²) >= 11 is 2.06. The van der Waals surface area contributed by atoms with Crippen LogP contribution in [0.5, 0.6) is 0 Å². The molecule has 2 aliphatic rings. The number of likely N-dealkylation sites (tertiary alicyclic amines) is 1. The highest BCUT2D eigenvalue weighted by Crippen LogP contribution is 2.35. The van der Waals surface area contributed by atoms with Gasteiger partial charge in [0.25, 0.3) is 0 Å². The minimum absolute atomic E-state index is 0.339. The molecule has 3 rings (SSSR count). The lowest BCUT2D eigenvalue weighted by molar-refractivity contribution is -0.127. The average Bonchev–Trinajstić information content (AvgIpc) is 2.91. The highest BCUT2D eigenvalue weighted by atomic mass is 32.2. The van der Waals surface area contributed by atoms with E-state index in [2.05, 4.69) is 53.9 Å². The first kappa shape index (κ1) is 14.9. The molecule has 2 heterocycles. The molecule has 1 aromatic carbocycles. The van der Waals surface area contributed by atoms with Gasteiger partial charge in [-0.05, 0) is 12.0 Å². The molecule has 2 aliphatic heterocycles. The molecule has 0 unspecified atom stereocenters. The fourth-order valence-corrected chi connectivity index (χ4v) is 4.68. The van der Waals surface area contributed by atoms with E-state index in [9.17, 15) is 4.79 Å². The van der Waals surface area contributed by atoms with Gasteiger partial charge in [-0.25, -0.2) is 0 Å². The Kier molecular flexibility index (Phi) is 4.86. The Morgan fingerprint density at radius 2 is 2.00 bits per heavy atom. The topological polar surface area (TPSA) is 23.6 Å². The van der Waals surface area contributed by atoms with Crippen molar-refractivity contribution in [2.75, 3.05) is 31.9 Å². The number of amides is 1. The van der Waals surface area contributed by atoms with Gasteiger partial charge in [-0.3, -0.25) is 9.69 Å². The lowest BCUT2D eigenvalue weighted by Gasteiger charge is -2.40. The van der Waals surface area contributed by atoms with Gasteiger partial charge in [0.2, 0.25) is 5.91 Å². The first-order valence-corrected chi connectivity index (χ1v) is 8.99. The van der Waals surface area contributed by atoms with Crippen molar-refractivity contribution in [3.8, 4) is 0 Å². The van der Waals surface area contributed by atoms with Crippen molar-refractivity contribution in [3.05, 3.63) is 35.9 Å². The molecule has 4 heteroatoms. The maximum absolute atomic E-state index is 11.8. The second-order valence-electron chi connectivity index (χ2n) is 5.95. The number of carbonyl (C=O) groups excluding carboxylic acids is 1. The normalized spacial score (nSPS) is 27.3. The largest absolute Gasteiger partial charge is 0.341 e. The molecule has 0 spiro atoms. The third-order valence-corrected chi connectivity index (χ3v) is 5.77. The standard InChI is InChI=1S/C17H24N2OS/c1-14-17(15-6-3-2-4-7-15)19(12-13-21-14)11-10-18-9-5-8-16(18)20/h2-4,6-7,14,17H,5,8-13H2,1H3/t14-,17+/m0/s1. The predicted molar refractivity (Wildman–Crippen MR) is 88.5 cm³/mol. The zero-order valence-corrected chi connectivity index (χ0v) is 13.5. The van der Waals surface area contributed by atoms with E-state index >= 15 is 0 Å². The zero-order chi connectivity index (χ0) is 14.7. The van der Waals surface area contributed by atoms with E-state index in [0.29, 0.717) is 17.2 Å². The summed E-state index contributed by atoms with van der Waals surface area (Å²) in [6.45, 7) is 6.29. The van der Waals surface area contributed by atoms with Gasteiger partial charge in [-0.1, -0.05) is 37.3 Å². The first-order valence-electron chi connectivity index (χ1n) is 7.94. The van der Waals surface area contributed by atoms with E-state index in [1.807, 2.05) is 4.90 Å². The predicted octanol–water partition coefficient (Wildman–Crippen LogP) is 2.79. The lowest BCUT2D eigenvalue weighted by Crippen LogP contribution is -2.44. The van der Waals surface area contributed by atoms with E-state index < -0.39 is 0 Å². The molecule has 2 atom stereocenters. The zero-order valence-electron chi connectivity index (χ0n) is 12.7. The summed E-state index contributed by atoms with van der Waals surface area (Å²) in [7, 11) is 0. The Hall–Kier alpha value is -1.00. The minimum Gasteiger partial charge on any atom is -0.341 e. The number of thioether (sulfide) groups is 1. The van der Waals surface area contributed by atoms with Crippen molar-refractivity contribution >= 4 is 17.7 Å². The molecule has 0 bridgehead atoms. The van der Waals surface area contributed by atoms with Crippen LogP contribution in [-0.4, -0.2) is 52.9 Å². The number of hydrogen-bond acceptors (Lipinski definition) is 3. The SMILES string of the molecule is C[C@@H]1SCCN(CCN2CCCC2=O)[C@H]1c1ccccc1. The van der Waals surface area contributed by atoms with Crippen molar-refractivity contribution in [2.24, 2.45) is 0 Å². The monoisotopic (exact) mass is 304 g/mol. The van der Waals surface area contributed by atoms with Crippen LogP contribution in [0, 0.1) is 0 Å². The molecule has 114 valence electrons. The van der Waals surface area contributed by atoms with Crippen LogP contribution in [0.2, 0.25) is 0 Å². The van der Waals surface area contributed by atoms with E-state index in [1.54, 1.807) is 0 Å². The summed E-state index contributed by atoms with van der Waals surface area (Å²) < 4.78 is 0. The smallest absolute Gasteiger partial charge is 0.222 e. The number of nitrogens with zero attached hydrogens (tertiary/aromatic N) is 2. The van der Waals surface area contributed by atoms with Gasteiger partial charge < -0.3 is 4.90 Å². The molecule has 0 radical (unpaired) electrons. The van der Waals surface area contributed by atoms with Gasteiger partial charge in [0, 0.05) is 49.6 Å². The lowest BCUT2D eigenvalue weighted by atomic mass is 10.0. The molecule has 0 aliphatic carbocycles. The van der Waals surface area contributed by atoms with Crippen LogP contribution in [-0.2, 0) is 4.79 Å². The highest BCUT2D eigenvalue weighted by Gasteiger charge is 2.31. The molecule has 2 fully saturated rings. The Bertz CT molecular complexity index is 479. The van der Waals surface area contributed by atoms with Crippen LogP contribution in [0.25, 0.3) is 0 Å². The molecule has 0 aromatic heterocycles. The van der Waals surface area contributed by atoms with Gasteiger partial charge >= 0.3 is 0 Å². The summed E-state index contributed by atoms with van der Waals surface area (Å²) in [6, 6.07) is 11.3. The van der Waals surface area contributed by atoms with Gasteiger partial charge in [-0.2, -0.15) is 11.8 Å². The van der Waals surface area contributed by atoms with Crippen LogP contribution in [0.4, 0.5) is 0 Å². The Morgan fingerprint density at radius 3 is 2.71 bits per heavy atom. The average molecular weight is 304 g/mol. The molecule has 0 saturated carbocycles. The fourth-order valence-electron chi connectivity index (χ4n) is 3.46. The third-order valence-electron chi connectivity index (χ3n) is 4.57. The van der Waals surface area contributed by atoms with Gasteiger partial charge in [0.15, 0.2) is 0 Å². The second kappa shape index (κ2) is 6.84. The minimum atomic E-state index is 0.339. The maximum Gasteiger partial charge on any atom is 0.222 e. The number of benzene rings is 1. The van der Waals surface area contributed by atoms with Crippen LogP contribution >= 0.6 is 11.8 Å². The van der Waals surface area contributed by atoms with E-state index in [0.717, 1.165) is 39.0 Å². The Balaban J connectivity index is 1.68. The quantitative estimate of drug-likeness (QED) is 0.854. The summed E-state index contributed by atoms with van der Waals surface area (Å²) in [5.41, 5.74) is 1.41. The summed E-state index contributed by atoms with van der Waals surface area (Å²) in [4.78, 5) is 16.4. The van der Waals surface area contributed by atoms with E-state index in [-0.39, 0.29) is 0 Å². The molecular formula is C17H24N2OS. The van der Waals surface area contributed by atoms with Crippen LogP contribution in [0.1, 0.15) is 31.4 Å².